The molecular weight excluding hydrogens is 322 g/mol. The van der Waals surface area contributed by atoms with E-state index in [4.69, 9.17) is 28.3 Å². The molecule has 1 heterocycles. The highest BCUT2D eigenvalue weighted by Crippen LogP contribution is 2.24. The molecule has 0 radical (unpaired) electrons. The fourth-order valence-corrected chi connectivity index (χ4v) is 1.94. The molecule has 0 aliphatic rings. The van der Waals surface area contributed by atoms with Gasteiger partial charge in [-0.1, -0.05) is 23.2 Å². The first-order valence-electron chi connectivity index (χ1n) is 5.53. The van der Waals surface area contributed by atoms with Crippen molar-refractivity contribution >= 4 is 40.8 Å². The average molecular weight is 329 g/mol. The van der Waals surface area contributed by atoms with E-state index in [1.54, 1.807) is 0 Å². The number of carbonyl (C=O) groups excluding carboxylic acids is 1. The first kappa shape index (κ1) is 15.2. The molecule has 1 aromatic heterocycles. The number of hydrogen-bond donors (Lipinski definition) is 2. The van der Waals surface area contributed by atoms with Crippen LogP contribution in [-0.2, 0) is 0 Å². The summed E-state index contributed by atoms with van der Waals surface area (Å²) in [7, 11) is 0. The maximum absolute atomic E-state index is 13.1. The molecule has 0 fully saturated rings. The highest BCUT2D eigenvalue weighted by molar-refractivity contribution is 6.35. The highest BCUT2D eigenvalue weighted by Gasteiger charge is 2.15. The van der Waals surface area contributed by atoms with Crippen LogP contribution in [0.15, 0.2) is 30.5 Å². The molecule has 0 saturated carbocycles. The number of aromatic carboxylic acids is 1. The predicted octanol–water partition coefficient (Wildman–Crippen LogP) is 3.48. The molecule has 5 nitrogen and oxygen atoms in total. The number of carbonyl (C=O) groups is 2. The Balaban J connectivity index is 2.27. The Morgan fingerprint density at radius 2 is 1.95 bits per heavy atom. The second-order valence-electron chi connectivity index (χ2n) is 3.95. The first-order valence-corrected chi connectivity index (χ1v) is 6.29. The molecule has 2 aromatic rings. The molecule has 1 aromatic carbocycles. The average Bonchev–Trinajstić information content (AvgIpc) is 2.43. The van der Waals surface area contributed by atoms with E-state index in [1.807, 2.05) is 0 Å². The molecule has 2 N–H and O–H groups in total. The van der Waals surface area contributed by atoms with E-state index in [9.17, 15) is 14.0 Å². The van der Waals surface area contributed by atoms with Crippen LogP contribution < -0.4 is 5.32 Å². The number of hydrogen-bond acceptors (Lipinski definition) is 3. The summed E-state index contributed by atoms with van der Waals surface area (Å²) in [4.78, 5) is 26.3. The third kappa shape index (κ3) is 3.48. The summed E-state index contributed by atoms with van der Waals surface area (Å²) < 4.78 is 13.1. The Morgan fingerprint density at radius 3 is 2.57 bits per heavy atom. The summed E-state index contributed by atoms with van der Waals surface area (Å²) in [6.07, 6.45) is 0.883. The largest absolute Gasteiger partial charge is 0.478 e. The predicted molar refractivity (Wildman–Crippen MR) is 75.6 cm³/mol. The zero-order valence-electron chi connectivity index (χ0n) is 10.2. The third-order valence-corrected chi connectivity index (χ3v) is 3.13. The number of nitrogens with zero attached hydrogens (tertiary/aromatic N) is 1. The molecule has 21 heavy (non-hydrogen) atoms. The van der Waals surface area contributed by atoms with Gasteiger partial charge in [0, 0.05) is 0 Å². The molecule has 1 amide bonds. The maximum atomic E-state index is 13.1. The van der Waals surface area contributed by atoms with Crippen LogP contribution in [0.2, 0.25) is 10.2 Å². The summed E-state index contributed by atoms with van der Waals surface area (Å²) >= 11 is 11.6. The van der Waals surface area contributed by atoms with E-state index >= 15 is 0 Å². The van der Waals surface area contributed by atoms with Gasteiger partial charge in [-0.3, -0.25) is 4.79 Å². The SMILES string of the molecule is O=C(O)c1ccc(NC(=O)c2cc(F)cnc2Cl)c(Cl)c1. The Labute approximate surface area is 128 Å². The van der Waals surface area contributed by atoms with E-state index < -0.39 is 17.7 Å². The van der Waals surface area contributed by atoms with Crippen molar-refractivity contribution in [3.63, 3.8) is 0 Å². The van der Waals surface area contributed by atoms with Gasteiger partial charge >= 0.3 is 5.97 Å². The summed E-state index contributed by atoms with van der Waals surface area (Å²) in [6.45, 7) is 0. The van der Waals surface area contributed by atoms with Crippen LogP contribution in [0.3, 0.4) is 0 Å². The number of carboxylic acids is 1. The third-order valence-electron chi connectivity index (χ3n) is 2.51. The van der Waals surface area contributed by atoms with Gasteiger partial charge in [-0.15, -0.1) is 0 Å². The summed E-state index contributed by atoms with van der Waals surface area (Å²) in [5.41, 5.74) is -0.00880. The lowest BCUT2D eigenvalue weighted by atomic mass is 10.2. The van der Waals surface area contributed by atoms with Gasteiger partial charge < -0.3 is 10.4 Å². The fraction of sp³-hybridized carbons (Fsp3) is 0. The quantitative estimate of drug-likeness (QED) is 0.845. The number of anilines is 1. The summed E-state index contributed by atoms with van der Waals surface area (Å²) in [6, 6.07) is 4.72. The minimum absolute atomic E-state index is 0.0246. The zero-order chi connectivity index (χ0) is 15.6. The van der Waals surface area contributed by atoms with Crippen molar-refractivity contribution in [2.24, 2.45) is 0 Å². The number of rotatable bonds is 3. The van der Waals surface area contributed by atoms with E-state index in [0.717, 1.165) is 12.3 Å². The van der Waals surface area contributed by atoms with Gasteiger partial charge in [-0.25, -0.2) is 14.2 Å². The number of nitrogens with one attached hydrogen (secondary N) is 1. The summed E-state index contributed by atoms with van der Waals surface area (Å²) in [5, 5.41) is 11.1. The monoisotopic (exact) mass is 328 g/mol. The lowest BCUT2D eigenvalue weighted by Gasteiger charge is -2.08. The molecule has 0 unspecified atom stereocenters. The summed E-state index contributed by atoms with van der Waals surface area (Å²) in [5.74, 6) is -2.57. The van der Waals surface area contributed by atoms with Crippen molar-refractivity contribution < 1.29 is 19.1 Å². The topological polar surface area (TPSA) is 79.3 Å². The van der Waals surface area contributed by atoms with Crippen molar-refractivity contribution in [2.75, 3.05) is 5.32 Å². The molecule has 0 saturated heterocycles. The van der Waals surface area contributed by atoms with Crippen LogP contribution in [0.25, 0.3) is 0 Å². The van der Waals surface area contributed by atoms with Crippen LogP contribution in [0, 0.1) is 5.82 Å². The van der Waals surface area contributed by atoms with Crippen molar-refractivity contribution in [3.05, 3.63) is 57.6 Å². The molecule has 0 bridgehead atoms. The van der Waals surface area contributed by atoms with Crippen LogP contribution in [-0.4, -0.2) is 22.0 Å². The Morgan fingerprint density at radius 1 is 1.24 bits per heavy atom. The smallest absolute Gasteiger partial charge is 0.335 e. The van der Waals surface area contributed by atoms with Crippen LogP contribution in [0.4, 0.5) is 10.1 Å². The van der Waals surface area contributed by atoms with Gasteiger partial charge in [-0.2, -0.15) is 0 Å². The van der Waals surface area contributed by atoms with Gasteiger partial charge in [0.25, 0.3) is 5.91 Å². The normalized spacial score (nSPS) is 10.2. The first-order chi connectivity index (χ1) is 9.88. The highest BCUT2D eigenvalue weighted by atomic mass is 35.5. The molecule has 0 atom stereocenters. The number of aromatic nitrogens is 1. The number of amides is 1. The van der Waals surface area contributed by atoms with Gasteiger partial charge in [-0.05, 0) is 24.3 Å². The van der Waals surface area contributed by atoms with E-state index in [1.165, 1.54) is 18.2 Å². The number of pyridine rings is 1. The van der Waals surface area contributed by atoms with Crippen molar-refractivity contribution in [2.45, 2.75) is 0 Å². The van der Waals surface area contributed by atoms with E-state index in [0.29, 0.717) is 0 Å². The van der Waals surface area contributed by atoms with Crippen LogP contribution in [0.5, 0.6) is 0 Å². The van der Waals surface area contributed by atoms with Crippen molar-refractivity contribution in [1.29, 1.82) is 0 Å². The number of benzene rings is 1. The lowest BCUT2D eigenvalue weighted by molar-refractivity contribution is 0.0696. The molecule has 108 valence electrons. The van der Waals surface area contributed by atoms with Gasteiger partial charge in [0.2, 0.25) is 0 Å². The molecule has 0 aliphatic carbocycles. The van der Waals surface area contributed by atoms with Crippen LogP contribution in [0.1, 0.15) is 20.7 Å². The second kappa shape index (κ2) is 6.07. The van der Waals surface area contributed by atoms with Gasteiger partial charge in [0.1, 0.15) is 11.0 Å². The fourth-order valence-electron chi connectivity index (χ4n) is 1.52. The van der Waals surface area contributed by atoms with E-state index in [-0.39, 0.29) is 27.0 Å². The molecule has 0 aliphatic heterocycles. The molecule has 0 spiro atoms. The van der Waals surface area contributed by atoms with Gasteiger partial charge in [0.05, 0.1) is 28.0 Å². The lowest BCUT2D eigenvalue weighted by Crippen LogP contribution is -2.14. The number of halogens is 3. The van der Waals surface area contributed by atoms with Crippen molar-refractivity contribution in [1.82, 2.24) is 4.98 Å². The van der Waals surface area contributed by atoms with Gasteiger partial charge in [0.15, 0.2) is 0 Å². The Hall–Kier alpha value is -2.18. The number of carboxylic acid groups (broad SMARTS) is 1. The van der Waals surface area contributed by atoms with E-state index in [2.05, 4.69) is 10.3 Å². The molecule has 2 rings (SSSR count). The minimum atomic E-state index is -1.15. The Bertz CT molecular complexity index is 737. The zero-order valence-corrected chi connectivity index (χ0v) is 11.7. The second-order valence-corrected chi connectivity index (χ2v) is 4.71. The van der Waals surface area contributed by atoms with Crippen molar-refractivity contribution in [3.8, 4) is 0 Å². The standard InChI is InChI=1S/C13H7Cl2FN2O3/c14-9-3-6(13(20)21)1-2-10(9)18-12(19)8-4-7(16)5-17-11(8)15/h1-5H,(H,18,19)(H,20,21). The van der Waals surface area contributed by atoms with Crippen LogP contribution >= 0.6 is 23.2 Å². The minimum Gasteiger partial charge on any atom is -0.478 e. The molecule has 8 heteroatoms. The molecular formula is C13H7Cl2FN2O3. The Kier molecular flexibility index (Phi) is 4.40. The maximum Gasteiger partial charge on any atom is 0.335 e.